The summed E-state index contributed by atoms with van der Waals surface area (Å²) in [6.07, 6.45) is 1.40. The first-order valence-electron chi connectivity index (χ1n) is 6.72. The van der Waals surface area contributed by atoms with Crippen LogP contribution in [0, 0.1) is 0 Å². The van der Waals surface area contributed by atoms with Gasteiger partial charge in [-0.15, -0.1) is 0 Å². The van der Waals surface area contributed by atoms with Crippen molar-refractivity contribution in [3.63, 3.8) is 0 Å². The first kappa shape index (κ1) is 15.1. The predicted octanol–water partition coefficient (Wildman–Crippen LogP) is 4.38. The normalized spacial score (nSPS) is 10.5. The summed E-state index contributed by atoms with van der Waals surface area (Å²) in [6, 6.07) is 9.55. The van der Waals surface area contributed by atoms with E-state index in [2.05, 4.69) is 18.4 Å². The zero-order valence-electron chi connectivity index (χ0n) is 11.5. The molecular formula is C16H18ClNOS. The van der Waals surface area contributed by atoms with Crippen LogP contribution >= 0.6 is 22.9 Å². The number of carbonyl (C=O) groups excluding carboxylic acids is 1. The molecule has 1 aromatic carbocycles. The molecule has 1 heterocycles. The summed E-state index contributed by atoms with van der Waals surface area (Å²) in [5, 5.41) is 4.84. The maximum Gasteiger partial charge on any atom is 0.227 e. The number of carbonyl (C=O) groups is 1. The second-order valence-corrected chi connectivity index (χ2v) is 5.97. The van der Waals surface area contributed by atoms with Crippen LogP contribution in [0.5, 0.6) is 0 Å². The number of hydrogen-bond donors (Lipinski definition) is 0. The Kier molecular flexibility index (Phi) is 5.62. The SMILES string of the molecule is CCCN(Cc1ccsc1)C(=O)Cc1ccc(Cl)cc1. The number of halogens is 1. The van der Waals surface area contributed by atoms with Crippen LogP contribution in [0.4, 0.5) is 0 Å². The Balaban J connectivity index is 2.01. The number of rotatable bonds is 6. The average molecular weight is 308 g/mol. The van der Waals surface area contributed by atoms with E-state index in [4.69, 9.17) is 11.6 Å². The van der Waals surface area contributed by atoms with E-state index in [1.165, 1.54) is 5.56 Å². The maximum atomic E-state index is 12.4. The Bertz CT molecular complexity index is 536. The van der Waals surface area contributed by atoms with Gasteiger partial charge in [0, 0.05) is 18.1 Å². The molecule has 0 aliphatic carbocycles. The van der Waals surface area contributed by atoms with Crippen LogP contribution in [-0.2, 0) is 17.8 Å². The largest absolute Gasteiger partial charge is 0.338 e. The fraction of sp³-hybridized carbons (Fsp3) is 0.312. The molecule has 0 radical (unpaired) electrons. The number of thiophene rings is 1. The van der Waals surface area contributed by atoms with Gasteiger partial charge in [-0.25, -0.2) is 0 Å². The molecule has 0 fully saturated rings. The second-order valence-electron chi connectivity index (χ2n) is 4.75. The third-order valence-electron chi connectivity index (χ3n) is 3.07. The van der Waals surface area contributed by atoms with E-state index in [-0.39, 0.29) is 5.91 Å². The van der Waals surface area contributed by atoms with Crippen molar-refractivity contribution >= 4 is 28.8 Å². The molecule has 0 N–H and O–H groups in total. The van der Waals surface area contributed by atoms with Crippen LogP contribution in [0.15, 0.2) is 41.1 Å². The monoisotopic (exact) mass is 307 g/mol. The van der Waals surface area contributed by atoms with E-state index in [0.29, 0.717) is 18.0 Å². The Labute approximate surface area is 129 Å². The molecule has 2 aromatic rings. The molecule has 1 amide bonds. The van der Waals surface area contributed by atoms with E-state index in [0.717, 1.165) is 18.5 Å². The minimum Gasteiger partial charge on any atom is -0.338 e. The lowest BCUT2D eigenvalue weighted by atomic mass is 10.1. The van der Waals surface area contributed by atoms with Gasteiger partial charge in [-0.3, -0.25) is 4.79 Å². The summed E-state index contributed by atoms with van der Waals surface area (Å²) < 4.78 is 0. The molecule has 0 atom stereocenters. The van der Waals surface area contributed by atoms with Crippen LogP contribution in [0.2, 0.25) is 5.02 Å². The van der Waals surface area contributed by atoms with Crippen LogP contribution in [0.1, 0.15) is 24.5 Å². The summed E-state index contributed by atoms with van der Waals surface area (Å²) in [5.41, 5.74) is 2.21. The van der Waals surface area contributed by atoms with Gasteiger partial charge >= 0.3 is 0 Å². The Morgan fingerprint density at radius 3 is 2.55 bits per heavy atom. The molecule has 2 nitrogen and oxygen atoms in total. The molecule has 0 unspecified atom stereocenters. The molecule has 106 valence electrons. The van der Waals surface area contributed by atoms with Crippen molar-refractivity contribution in [3.05, 3.63) is 57.2 Å². The highest BCUT2D eigenvalue weighted by Crippen LogP contribution is 2.14. The van der Waals surface area contributed by atoms with E-state index in [1.807, 2.05) is 34.5 Å². The predicted molar refractivity (Wildman–Crippen MR) is 85.2 cm³/mol. The minimum atomic E-state index is 0.167. The highest BCUT2D eigenvalue weighted by Gasteiger charge is 2.14. The van der Waals surface area contributed by atoms with Crippen molar-refractivity contribution in [2.24, 2.45) is 0 Å². The third kappa shape index (κ3) is 4.36. The molecule has 2 rings (SSSR count). The Morgan fingerprint density at radius 2 is 1.95 bits per heavy atom. The van der Waals surface area contributed by atoms with Gasteiger partial charge in [0.2, 0.25) is 5.91 Å². The lowest BCUT2D eigenvalue weighted by Crippen LogP contribution is -2.32. The van der Waals surface area contributed by atoms with Gasteiger partial charge in [0.1, 0.15) is 0 Å². The van der Waals surface area contributed by atoms with Crippen LogP contribution in [0.25, 0.3) is 0 Å². The fourth-order valence-electron chi connectivity index (χ4n) is 2.05. The zero-order chi connectivity index (χ0) is 14.4. The first-order chi connectivity index (χ1) is 9.69. The number of nitrogens with zero attached hydrogens (tertiary/aromatic N) is 1. The van der Waals surface area contributed by atoms with E-state index < -0.39 is 0 Å². The zero-order valence-corrected chi connectivity index (χ0v) is 13.1. The van der Waals surface area contributed by atoms with Crippen molar-refractivity contribution in [2.45, 2.75) is 26.3 Å². The molecule has 0 spiro atoms. The van der Waals surface area contributed by atoms with Crippen molar-refractivity contribution in [2.75, 3.05) is 6.54 Å². The fourth-order valence-corrected chi connectivity index (χ4v) is 2.84. The molecule has 4 heteroatoms. The van der Waals surface area contributed by atoms with Crippen molar-refractivity contribution < 1.29 is 4.79 Å². The highest BCUT2D eigenvalue weighted by atomic mass is 35.5. The standard InChI is InChI=1S/C16H18ClNOS/c1-2-8-18(11-14-7-9-20-12-14)16(19)10-13-3-5-15(17)6-4-13/h3-7,9,12H,2,8,10-11H2,1H3. The second kappa shape index (κ2) is 7.46. The van der Waals surface area contributed by atoms with Gasteiger partial charge in [-0.2, -0.15) is 11.3 Å². The summed E-state index contributed by atoms with van der Waals surface area (Å²) in [6.45, 7) is 3.59. The van der Waals surface area contributed by atoms with E-state index in [9.17, 15) is 4.79 Å². The van der Waals surface area contributed by atoms with Crippen molar-refractivity contribution in [1.29, 1.82) is 0 Å². The topological polar surface area (TPSA) is 20.3 Å². The third-order valence-corrected chi connectivity index (χ3v) is 4.05. The Morgan fingerprint density at radius 1 is 1.20 bits per heavy atom. The van der Waals surface area contributed by atoms with Crippen LogP contribution in [-0.4, -0.2) is 17.4 Å². The highest BCUT2D eigenvalue weighted by molar-refractivity contribution is 7.07. The van der Waals surface area contributed by atoms with Crippen LogP contribution < -0.4 is 0 Å². The van der Waals surface area contributed by atoms with E-state index in [1.54, 1.807) is 11.3 Å². The smallest absolute Gasteiger partial charge is 0.227 e. The average Bonchev–Trinajstić information content (AvgIpc) is 2.94. The van der Waals surface area contributed by atoms with Gasteiger partial charge < -0.3 is 4.90 Å². The maximum absolute atomic E-state index is 12.4. The van der Waals surface area contributed by atoms with Gasteiger partial charge in [0.25, 0.3) is 0 Å². The molecule has 0 saturated carbocycles. The van der Waals surface area contributed by atoms with Crippen molar-refractivity contribution in [1.82, 2.24) is 4.90 Å². The Hall–Kier alpha value is -1.32. The summed E-state index contributed by atoms with van der Waals surface area (Å²) in [5.74, 6) is 0.167. The lowest BCUT2D eigenvalue weighted by Gasteiger charge is -2.21. The van der Waals surface area contributed by atoms with Crippen molar-refractivity contribution in [3.8, 4) is 0 Å². The molecule has 0 aliphatic heterocycles. The van der Waals surface area contributed by atoms with Gasteiger partial charge in [-0.05, 0) is 46.5 Å². The summed E-state index contributed by atoms with van der Waals surface area (Å²) in [7, 11) is 0. The molecule has 0 aliphatic rings. The lowest BCUT2D eigenvalue weighted by molar-refractivity contribution is -0.131. The molecule has 20 heavy (non-hydrogen) atoms. The molecule has 0 saturated heterocycles. The van der Waals surface area contributed by atoms with Crippen LogP contribution in [0.3, 0.4) is 0 Å². The molecule has 1 aromatic heterocycles. The number of benzene rings is 1. The molecule has 0 bridgehead atoms. The number of amides is 1. The van der Waals surface area contributed by atoms with Gasteiger partial charge in [0.05, 0.1) is 6.42 Å². The quantitative estimate of drug-likeness (QED) is 0.775. The van der Waals surface area contributed by atoms with Gasteiger partial charge in [-0.1, -0.05) is 30.7 Å². The summed E-state index contributed by atoms with van der Waals surface area (Å²) >= 11 is 7.53. The van der Waals surface area contributed by atoms with Gasteiger partial charge in [0.15, 0.2) is 0 Å². The van der Waals surface area contributed by atoms with E-state index >= 15 is 0 Å². The minimum absolute atomic E-state index is 0.167. The molecular weight excluding hydrogens is 290 g/mol. The first-order valence-corrected chi connectivity index (χ1v) is 8.04. The number of hydrogen-bond acceptors (Lipinski definition) is 2. The summed E-state index contributed by atoms with van der Waals surface area (Å²) in [4.78, 5) is 14.3.